The summed E-state index contributed by atoms with van der Waals surface area (Å²) in [4.78, 5) is 14.7. The zero-order valence-corrected chi connectivity index (χ0v) is 6.95. The average molecular weight is 172 g/mol. The molecule has 1 heterocycles. The monoisotopic (exact) mass is 172 g/mol. The number of benzene rings is 1. The van der Waals surface area contributed by atoms with Crippen LogP contribution >= 0.6 is 0 Å². The highest BCUT2D eigenvalue weighted by Crippen LogP contribution is 2.00. The summed E-state index contributed by atoms with van der Waals surface area (Å²) in [5.41, 5.74) is 6.70. The highest BCUT2D eigenvalue weighted by atomic mass is 16.1. The van der Waals surface area contributed by atoms with Crippen molar-refractivity contribution >= 4 is 11.6 Å². The van der Waals surface area contributed by atoms with E-state index >= 15 is 0 Å². The molecular weight excluding hydrogens is 164 g/mol. The molecule has 0 fully saturated rings. The first-order valence-corrected chi connectivity index (χ1v) is 3.96. The molecular formula is C10H8N2O. The number of nitrogens with two attached hydrogens (primary N) is 1. The molecule has 0 spiro atoms. The SMILES string of the molecule is NC1=c2ccccc2=NCC1=C=O. The Balaban J connectivity index is 2.91. The normalized spacial score (nSPS) is 14.5. The molecule has 1 aliphatic rings. The van der Waals surface area contributed by atoms with Crippen molar-refractivity contribution < 1.29 is 4.79 Å². The fraction of sp³-hybridized carbons (Fsp3) is 0.100. The van der Waals surface area contributed by atoms with Gasteiger partial charge in [-0.15, -0.1) is 0 Å². The van der Waals surface area contributed by atoms with Crippen molar-refractivity contribution in [3.63, 3.8) is 0 Å². The van der Waals surface area contributed by atoms with E-state index in [2.05, 4.69) is 4.99 Å². The molecule has 0 aromatic heterocycles. The predicted molar refractivity (Wildman–Crippen MR) is 48.9 cm³/mol. The second kappa shape index (κ2) is 2.88. The van der Waals surface area contributed by atoms with Crippen molar-refractivity contribution in [3.8, 4) is 0 Å². The lowest BCUT2D eigenvalue weighted by atomic mass is 10.1. The standard InChI is InChI=1S/C10H8N2O/c11-10-7(6-13)5-12-9-4-2-1-3-8(9)10/h1-4H,5,11H2. The number of para-hydroxylation sites is 1. The van der Waals surface area contributed by atoms with Crippen molar-refractivity contribution in [2.75, 3.05) is 6.54 Å². The fourth-order valence-electron chi connectivity index (χ4n) is 1.34. The van der Waals surface area contributed by atoms with E-state index in [-0.39, 0.29) is 0 Å². The first-order chi connectivity index (χ1) is 6.33. The molecule has 0 atom stereocenters. The molecule has 2 N–H and O–H groups in total. The van der Waals surface area contributed by atoms with E-state index in [1.54, 1.807) is 5.94 Å². The van der Waals surface area contributed by atoms with Gasteiger partial charge in [-0.05, 0) is 6.07 Å². The molecule has 1 aromatic carbocycles. The lowest BCUT2D eigenvalue weighted by Crippen LogP contribution is -2.34. The van der Waals surface area contributed by atoms with Gasteiger partial charge < -0.3 is 5.73 Å². The number of hydrogen-bond acceptors (Lipinski definition) is 3. The van der Waals surface area contributed by atoms with Crippen LogP contribution in [-0.2, 0) is 4.79 Å². The van der Waals surface area contributed by atoms with Crippen LogP contribution in [0.1, 0.15) is 0 Å². The molecule has 0 amide bonds. The minimum Gasteiger partial charge on any atom is -0.397 e. The lowest BCUT2D eigenvalue weighted by molar-refractivity contribution is 0.567. The van der Waals surface area contributed by atoms with E-state index in [1.807, 2.05) is 24.3 Å². The molecule has 2 rings (SSSR count). The van der Waals surface area contributed by atoms with Crippen LogP contribution in [0.3, 0.4) is 0 Å². The first kappa shape index (κ1) is 7.77. The van der Waals surface area contributed by atoms with Crippen LogP contribution in [0.5, 0.6) is 0 Å². The number of hydrogen-bond donors (Lipinski definition) is 1. The Bertz CT molecular complexity index is 510. The van der Waals surface area contributed by atoms with Gasteiger partial charge in [-0.3, -0.25) is 4.99 Å². The van der Waals surface area contributed by atoms with Gasteiger partial charge in [-0.2, -0.15) is 0 Å². The maximum atomic E-state index is 10.5. The van der Waals surface area contributed by atoms with Crippen LogP contribution in [-0.4, -0.2) is 12.5 Å². The van der Waals surface area contributed by atoms with Crippen LogP contribution in [0.4, 0.5) is 0 Å². The summed E-state index contributed by atoms with van der Waals surface area (Å²) in [6, 6.07) is 7.49. The van der Waals surface area contributed by atoms with E-state index < -0.39 is 0 Å². The van der Waals surface area contributed by atoms with Gasteiger partial charge in [0.25, 0.3) is 0 Å². The van der Waals surface area contributed by atoms with Gasteiger partial charge >= 0.3 is 0 Å². The zero-order valence-electron chi connectivity index (χ0n) is 6.95. The highest BCUT2D eigenvalue weighted by molar-refractivity contribution is 5.76. The van der Waals surface area contributed by atoms with Crippen molar-refractivity contribution in [1.29, 1.82) is 0 Å². The summed E-state index contributed by atoms with van der Waals surface area (Å²) < 4.78 is 0. The Hall–Kier alpha value is -1.86. The Morgan fingerprint density at radius 3 is 2.92 bits per heavy atom. The number of rotatable bonds is 0. The molecule has 0 aliphatic carbocycles. The molecule has 13 heavy (non-hydrogen) atoms. The van der Waals surface area contributed by atoms with E-state index in [4.69, 9.17) is 5.73 Å². The summed E-state index contributed by atoms with van der Waals surface area (Å²) >= 11 is 0. The summed E-state index contributed by atoms with van der Waals surface area (Å²) in [5.74, 6) is 1.81. The van der Waals surface area contributed by atoms with Crippen LogP contribution in [0, 0.1) is 0 Å². The van der Waals surface area contributed by atoms with Crippen LogP contribution in [0.25, 0.3) is 5.70 Å². The highest BCUT2D eigenvalue weighted by Gasteiger charge is 2.07. The maximum absolute atomic E-state index is 10.5. The summed E-state index contributed by atoms with van der Waals surface area (Å²) in [6.45, 7) is 0.340. The quantitative estimate of drug-likeness (QED) is 0.518. The second-order valence-corrected chi connectivity index (χ2v) is 2.83. The molecule has 0 saturated carbocycles. The van der Waals surface area contributed by atoms with Gasteiger partial charge in [0.15, 0.2) is 0 Å². The van der Waals surface area contributed by atoms with E-state index in [0.717, 1.165) is 10.6 Å². The lowest BCUT2D eigenvalue weighted by Gasteiger charge is -2.05. The van der Waals surface area contributed by atoms with Crippen molar-refractivity contribution in [1.82, 2.24) is 0 Å². The first-order valence-electron chi connectivity index (χ1n) is 3.96. The summed E-state index contributed by atoms with van der Waals surface area (Å²) in [7, 11) is 0. The topological polar surface area (TPSA) is 55.4 Å². The Morgan fingerprint density at radius 1 is 1.38 bits per heavy atom. The molecule has 0 radical (unpaired) electrons. The molecule has 0 bridgehead atoms. The van der Waals surface area contributed by atoms with Crippen LogP contribution in [0.2, 0.25) is 0 Å². The smallest absolute Gasteiger partial charge is 0.132 e. The summed E-state index contributed by atoms with van der Waals surface area (Å²) in [5, 5.41) is 1.67. The van der Waals surface area contributed by atoms with Gasteiger partial charge in [-0.25, -0.2) is 4.79 Å². The van der Waals surface area contributed by atoms with Crippen LogP contribution < -0.4 is 16.3 Å². The maximum Gasteiger partial charge on any atom is 0.132 e. The van der Waals surface area contributed by atoms with E-state index in [0.29, 0.717) is 17.8 Å². The average Bonchev–Trinajstić information content (AvgIpc) is 2.19. The van der Waals surface area contributed by atoms with Crippen molar-refractivity contribution in [3.05, 3.63) is 40.4 Å². The van der Waals surface area contributed by atoms with Gasteiger partial charge in [0.2, 0.25) is 0 Å². The zero-order chi connectivity index (χ0) is 9.26. The van der Waals surface area contributed by atoms with Gasteiger partial charge in [0, 0.05) is 5.22 Å². The largest absolute Gasteiger partial charge is 0.397 e. The minimum atomic E-state index is 0.340. The van der Waals surface area contributed by atoms with Gasteiger partial charge in [0.05, 0.1) is 23.2 Å². The number of nitrogens with zero attached hydrogens (tertiary/aromatic N) is 1. The molecule has 0 unspecified atom stereocenters. The fourth-order valence-corrected chi connectivity index (χ4v) is 1.34. The van der Waals surface area contributed by atoms with Crippen molar-refractivity contribution in [2.45, 2.75) is 0 Å². The third kappa shape index (κ3) is 1.15. The molecule has 1 aliphatic heterocycles. The molecule has 1 aromatic rings. The Kier molecular flexibility index (Phi) is 1.72. The third-order valence-electron chi connectivity index (χ3n) is 2.05. The Morgan fingerprint density at radius 2 is 2.15 bits per heavy atom. The van der Waals surface area contributed by atoms with E-state index in [9.17, 15) is 4.79 Å². The van der Waals surface area contributed by atoms with Gasteiger partial charge in [-0.1, -0.05) is 18.2 Å². The van der Waals surface area contributed by atoms with Crippen molar-refractivity contribution in [2.24, 2.45) is 10.7 Å². The molecule has 0 saturated heterocycles. The molecule has 64 valence electrons. The third-order valence-corrected chi connectivity index (χ3v) is 2.05. The number of fused-ring (bicyclic) bond motifs is 1. The summed E-state index contributed by atoms with van der Waals surface area (Å²) in [6.07, 6.45) is 0. The molecule has 3 nitrogen and oxygen atoms in total. The van der Waals surface area contributed by atoms with Crippen LogP contribution in [0.15, 0.2) is 34.8 Å². The van der Waals surface area contributed by atoms with E-state index in [1.165, 1.54) is 0 Å². The van der Waals surface area contributed by atoms with Gasteiger partial charge in [0.1, 0.15) is 5.94 Å². The second-order valence-electron chi connectivity index (χ2n) is 2.83. The molecule has 3 heteroatoms. The number of carbonyl (C=O) groups excluding carboxylic acids is 1. The Labute approximate surface area is 74.9 Å². The minimum absolute atomic E-state index is 0.340. The predicted octanol–water partition coefficient (Wildman–Crippen LogP) is -0.855.